The summed E-state index contributed by atoms with van der Waals surface area (Å²) in [5.41, 5.74) is 0.790. The van der Waals surface area contributed by atoms with E-state index in [4.69, 9.17) is 8.92 Å². The van der Waals surface area contributed by atoms with Gasteiger partial charge < -0.3 is 9.64 Å². The first-order valence-electron chi connectivity index (χ1n) is 8.81. The molecule has 2 rings (SSSR count). The van der Waals surface area contributed by atoms with Crippen LogP contribution >= 0.6 is 0 Å². The summed E-state index contributed by atoms with van der Waals surface area (Å²) in [6.45, 7) is 6.00. The normalized spacial score (nSPS) is 18.7. The third-order valence-corrected chi connectivity index (χ3v) is 4.99. The lowest BCUT2D eigenvalue weighted by molar-refractivity contribution is -0.386. The molecule has 9 nitrogen and oxygen atoms in total. The molecular formula is C17H27N3O6S. The fourth-order valence-electron chi connectivity index (χ4n) is 3.03. The van der Waals surface area contributed by atoms with Crippen molar-refractivity contribution in [1.29, 1.82) is 0 Å². The van der Waals surface area contributed by atoms with Crippen LogP contribution in [0.2, 0.25) is 0 Å². The van der Waals surface area contributed by atoms with Crippen LogP contribution in [0.1, 0.15) is 20.3 Å². The minimum absolute atomic E-state index is 0.0559. The lowest BCUT2D eigenvalue weighted by atomic mass is 10.1. The number of ether oxygens (including phenoxy) is 1. The molecular weight excluding hydrogens is 374 g/mol. The number of rotatable bonds is 8. The van der Waals surface area contributed by atoms with Crippen molar-refractivity contribution in [3.05, 3.63) is 28.3 Å². The highest BCUT2D eigenvalue weighted by molar-refractivity contribution is 7.85. The van der Waals surface area contributed by atoms with Gasteiger partial charge in [0.25, 0.3) is 10.1 Å². The maximum Gasteiger partial charge on any atom is 0.311 e. The molecule has 10 heteroatoms. The van der Waals surface area contributed by atoms with Gasteiger partial charge in [0.1, 0.15) is 0 Å². The minimum Gasteiger partial charge on any atom is -0.484 e. The van der Waals surface area contributed by atoms with Gasteiger partial charge in [0, 0.05) is 43.5 Å². The van der Waals surface area contributed by atoms with Crippen molar-refractivity contribution in [3.8, 4) is 5.75 Å². The average molecular weight is 401 g/mol. The second-order valence-electron chi connectivity index (χ2n) is 6.97. The Kier molecular flexibility index (Phi) is 7.01. The predicted molar refractivity (Wildman–Crippen MR) is 103 cm³/mol. The van der Waals surface area contributed by atoms with Crippen LogP contribution in [-0.4, -0.2) is 69.9 Å². The van der Waals surface area contributed by atoms with E-state index in [1.165, 1.54) is 6.07 Å². The first-order chi connectivity index (χ1) is 12.6. The van der Waals surface area contributed by atoms with E-state index < -0.39 is 15.0 Å². The number of piperazine rings is 1. The van der Waals surface area contributed by atoms with Gasteiger partial charge in [-0.3, -0.25) is 19.2 Å². The first-order valence-corrected chi connectivity index (χ1v) is 10.6. The summed E-state index contributed by atoms with van der Waals surface area (Å²) < 4.78 is 32.8. The molecule has 1 aromatic rings. The molecule has 0 amide bonds. The number of hydrogen-bond donors (Lipinski definition) is 0. The molecule has 0 saturated carbocycles. The van der Waals surface area contributed by atoms with E-state index in [0.717, 1.165) is 25.0 Å². The van der Waals surface area contributed by atoms with Crippen molar-refractivity contribution in [2.24, 2.45) is 0 Å². The smallest absolute Gasteiger partial charge is 0.311 e. The van der Waals surface area contributed by atoms with Gasteiger partial charge in [-0.1, -0.05) is 0 Å². The number of benzene rings is 1. The zero-order valence-electron chi connectivity index (χ0n) is 16.1. The van der Waals surface area contributed by atoms with Crippen molar-refractivity contribution < 1.29 is 22.3 Å². The molecule has 1 fully saturated rings. The third kappa shape index (κ3) is 6.33. The molecule has 1 aromatic carbocycles. The van der Waals surface area contributed by atoms with E-state index in [0.29, 0.717) is 13.0 Å². The predicted octanol–water partition coefficient (Wildman–Crippen LogP) is 1.87. The average Bonchev–Trinajstić information content (AvgIpc) is 2.54. The van der Waals surface area contributed by atoms with Gasteiger partial charge in [-0.15, -0.1) is 0 Å². The summed E-state index contributed by atoms with van der Waals surface area (Å²) >= 11 is 0. The molecule has 1 unspecified atom stereocenters. The van der Waals surface area contributed by atoms with Crippen molar-refractivity contribution in [3.63, 3.8) is 0 Å². The largest absolute Gasteiger partial charge is 0.484 e. The van der Waals surface area contributed by atoms with Gasteiger partial charge in [-0.05, 0) is 33.4 Å². The van der Waals surface area contributed by atoms with Gasteiger partial charge in [-0.25, -0.2) is 0 Å². The Hall–Kier alpha value is -1.91. The summed E-state index contributed by atoms with van der Waals surface area (Å²) in [5.74, 6) is 0.253. The molecule has 0 radical (unpaired) electrons. The van der Waals surface area contributed by atoms with Gasteiger partial charge >= 0.3 is 5.69 Å². The first kappa shape index (κ1) is 21.4. The Morgan fingerprint density at radius 3 is 2.63 bits per heavy atom. The monoisotopic (exact) mass is 401 g/mol. The molecule has 1 aliphatic rings. The Morgan fingerprint density at radius 1 is 1.33 bits per heavy atom. The van der Waals surface area contributed by atoms with E-state index in [2.05, 4.69) is 9.80 Å². The molecule has 1 atom stereocenters. The van der Waals surface area contributed by atoms with Gasteiger partial charge in [0.05, 0.1) is 23.9 Å². The van der Waals surface area contributed by atoms with Crippen LogP contribution in [0.4, 0.5) is 11.4 Å². The zero-order valence-corrected chi connectivity index (χ0v) is 16.9. The highest BCUT2D eigenvalue weighted by Gasteiger charge is 2.26. The summed E-state index contributed by atoms with van der Waals surface area (Å²) in [6.07, 6.45) is 1.44. The van der Waals surface area contributed by atoms with Crippen molar-refractivity contribution in [2.75, 3.05) is 44.4 Å². The van der Waals surface area contributed by atoms with E-state index >= 15 is 0 Å². The van der Waals surface area contributed by atoms with E-state index in [9.17, 15) is 18.5 Å². The van der Waals surface area contributed by atoms with Crippen LogP contribution in [0.3, 0.4) is 0 Å². The number of nitro groups is 1. The molecule has 0 N–H and O–H groups in total. The molecule has 0 aromatic heterocycles. The van der Waals surface area contributed by atoms with Crippen LogP contribution in [0, 0.1) is 10.1 Å². The highest BCUT2D eigenvalue weighted by Crippen LogP contribution is 2.33. The van der Waals surface area contributed by atoms with E-state index in [1.54, 1.807) is 12.1 Å². The van der Waals surface area contributed by atoms with Gasteiger partial charge in [0.15, 0.2) is 5.75 Å². The van der Waals surface area contributed by atoms with Crippen LogP contribution in [0.5, 0.6) is 5.75 Å². The van der Waals surface area contributed by atoms with Crippen molar-refractivity contribution in [2.45, 2.75) is 32.4 Å². The van der Waals surface area contributed by atoms with E-state index in [1.807, 2.05) is 20.9 Å². The van der Waals surface area contributed by atoms with Crippen LogP contribution in [0.15, 0.2) is 18.2 Å². The number of nitrogens with zero attached hydrogens (tertiary/aromatic N) is 3. The van der Waals surface area contributed by atoms with Gasteiger partial charge in [0.2, 0.25) is 0 Å². The summed E-state index contributed by atoms with van der Waals surface area (Å²) in [7, 11) is -1.46. The lowest BCUT2D eigenvalue weighted by Crippen LogP contribution is -2.52. The van der Waals surface area contributed by atoms with Gasteiger partial charge in [-0.2, -0.15) is 8.42 Å². The second kappa shape index (κ2) is 8.85. The van der Waals surface area contributed by atoms with Crippen LogP contribution in [0.25, 0.3) is 0 Å². The number of likely N-dealkylation sites (N-methyl/N-ethyl adjacent to an activating group) is 1. The summed E-state index contributed by atoms with van der Waals surface area (Å²) in [6, 6.07) is 5.01. The maximum absolute atomic E-state index is 11.2. The standard InChI is InChI=1S/C17H27N3O6S/c1-13(2)26-17-11-14(5-6-16(17)20(21)22)19-9-8-18(3)15(12-19)7-10-25-27(4,23)24/h5-6,11,13,15H,7-10,12H2,1-4H3. The number of hydrogen-bond acceptors (Lipinski definition) is 8. The Morgan fingerprint density at radius 2 is 2.04 bits per heavy atom. The molecule has 1 saturated heterocycles. The quantitative estimate of drug-likeness (QED) is 0.370. The molecule has 0 spiro atoms. The summed E-state index contributed by atoms with van der Waals surface area (Å²) in [5, 5.41) is 11.2. The number of anilines is 1. The second-order valence-corrected chi connectivity index (χ2v) is 8.61. The Bertz CT molecular complexity index is 768. The topological polar surface area (TPSA) is 102 Å². The van der Waals surface area contributed by atoms with E-state index in [-0.39, 0.29) is 30.2 Å². The van der Waals surface area contributed by atoms with Crippen LogP contribution in [-0.2, 0) is 14.3 Å². The zero-order chi connectivity index (χ0) is 20.2. The molecule has 1 heterocycles. The fraction of sp³-hybridized carbons (Fsp3) is 0.647. The number of nitro benzene ring substituents is 1. The van der Waals surface area contributed by atoms with Crippen molar-refractivity contribution in [1.82, 2.24) is 4.90 Å². The van der Waals surface area contributed by atoms with Crippen LogP contribution < -0.4 is 9.64 Å². The Balaban J connectivity index is 2.13. The lowest BCUT2D eigenvalue weighted by Gasteiger charge is -2.40. The highest BCUT2D eigenvalue weighted by atomic mass is 32.2. The molecule has 27 heavy (non-hydrogen) atoms. The van der Waals surface area contributed by atoms with Crippen molar-refractivity contribution >= 4 is 21.5 Å². The SMILES string of the molecule is CC(C)Oc1cc(N2CCN(C)C(CCOS(C)(=O)=O)C2)ccc1[N+](=O)[O-]. The molecule has 0 bridgehead atoms. The Labute approximate surface area is 160 Å². The molecule has 1 aliphatic heterocycles. The minimum atomic E-state index is -3.45. The fourth-order valence-corrected chi connectivity index (χ4v) is 3.43. The maximum atomic E-state index is 11.2. The summed E-state index contributed by atoms with van der Waals surface area (Å²) in [4.78, 5) is 15.1. The molecule has 0 aliphatic carbocycles. The molecule has 152 valence electrons. The third-order valence-electron chi connectivity index (χ3n) is 4.39.